The molecular weight excluding hydrogens is 239 g/mol. The van der Waals surface area contributed by atoms with Gasteiger partial charge in [-0.2, -0.15) is 0 Å². The van der Waals surface area contributed by atoms with E-state index in [-0.39, 0.29) is 16.9 Å². The number of nitrogens with two attached hydrogens (primary N) is 1. The molecule has 0 aromatic heterocycles. The highest BCUT2D eigenvalue weighted by Crippen LogP contribution is 2.26. The topological polar surface area (TPSA) is 38.0 Å². The first kappa shape index (κ1) is 14.4. The number of hydrazine groups is 1. The van der Waals surface area contributed by atoms with Gasteiger partial charge in [0.15, 0.2) is 0 Å². The lowest BCUT2D eigenvalue weighted by Crippen LogP contribution is -2.28. The van der Waals surface area contributed by atoms with Gasteiger partial charge in [-0.15, -0.1) is 0 Å². The average Bonchev–Trinajstić information content (AvgIpc) is 2.28. The van der Waals surface area contributed by atoms with Gasteiger partial charge in [0.25, 0.3) is 0 Å². The third-order valence-corrected chi connectivity index (χ3v) is 3.12. The van der Waals surface area contributed by atoms with Gasteiger partial charge in [-0.3, -0.25) is 11.3 Å². The smallest absolute Gasteiger partial charge is 0.146 e. The van der Waals surface area contributed by atoms with Crippen LogP contribution in [0.25, 0.3) is 0 Å². The molecule has 0 bridgehead atoms. The molecule has 96 valence electrons. The summed E-state index contributed by atoms with van der Waals surface area (Å²) in [7, 11) is 0. The summed E-state index contributed by atoms with van der Waals surface area (Å²) in [4.78, 5) is 0. The van der Waals surface area contributed by atoms with Crippen LogP contribution in [0.5, 0.6) is 0 Å². The van der Waals surface area contributed by atoms with Gasteiger partial charge in [0.05, 0.1) is 5.02 Å². The Morgan fingerprint density at radius 3 is 2.65 bits per heavy atom. The fourth-order valence-corrected chi connectivity index (χ4v) is 2.03. The van der Waals surface area contributed by atoms with E-state index in [2.05, 4.69) is 19.3 Å². The van der Waals surface area contributed by atoms with Crippen LogP contribution in [0.3, 0.4) is 0 Å². The van der Waals surface area contributed by atoms with E-state index in [1.165, 1.54) is 0 Å². The van der Waals surface area contributed by atoms with E-state index in [0.717, 1.165) is 19.3 Å². The van der Waals surface area contributed by atoms with Crippen LogP contribution in [-0.2, 0) is 0 Å². The molecule has 0 aliphatic carbocycles. The van der Waals surface area contributed by atoms with Crippen LogP contribution in [0.15, 0.2) is 18.2 Å². The molecule has 3 N–H and O–H groups in total. The molecule has 1 aromatic rings. The Morgan fingerprint density at radius 2 is 2.06 bits per heavy atom. The minimum Gasteiger partial charge on any atom is -0.271 e. The van der Waals surface area contributed by atoms with Crippen LogP contribution in [0.4, 0.5) is 4.39 Å². The molecule has 0 saturated heterocycles. The summed E-state index contributed by atoms with van der Waals surface area (Å²) in [5.41, 5.74) is 3.21. The molecule has 1 atom stereocenters. The molecule has 1 unspecified atom stereocenters. The second-order valence-corrected chi connectivity index (χ2v) is 5.09. The summed E-state index contributed by atoms with van der Waals surface area (Å²) in [6.07, 6.45) is 2.94. The molecule has 0 saturated carbocycles. The molecule has 0 fully saturated rings. The SMILES string of the molecule is CC(C)CCCC(NN)c1cccc(Cl)c1F. The van der Waals surface area contributed by atoms with Gasteiger partial charge in [0, 0.05) is 11.6 Å². The molecule has 4 heteroatoms. The minimum absolute atomic E-state index is 0.145. The van der Waals surface area contributed by atoms with E-state index in [9.17, 15) is 4.39 Å². The molecule has 0 aliphatic rings. The highest BCUT2D eigenvalue weighted by Gasteiger charge is 2.15. The summed E-state index contributed by atoms with van der Waals surface area (Å²) in [5.74, 6) is 5.76. The zero-order valence-corrected chi connectivity index (χ0v) is 11.1. The number of hydrogen-bond donors (Lipinski definition) is 2. The predicted octanol–water partition coefficient (Wildman–Crippen LogP) is 3.81. The second kappa shape index (κ2) is 6.94. The normalized spacial score (nSPS) is 13.1. The highest BCUT2D eigenvalue weighted by molar-refractivity contribution is 6.30. The van der Waals surface area contributed by atoms with Crippen molar-refractivity contribution < 1.29 is 4.39 Å². The van der Waals surface area contributed by atoms with Crippen molar-refractivity contribution >= 4 is 11.6 Å². The van der Waals surface area contributed by atoms with Crippen LogP contribution in [0, 0.1) is 11.7 Å². The maximum absolute atomic E-state index is 13.8. The van der Waals surface area contributed by atoms with E-state index >= 15 is 0 Å². The molecule has 0 radical (unpaired) electrons. The lowest BCUT2D eigenvalue weighted by molar-refractivity contribution is 0.441. The van der Waals surface area contributed by atoms with Crippen molar-refractivity contribution in [2.75, 3.05) is 0 Å². The minimum atomic E-state index is -0.373. The second-order valence-electron chi connectivity index (χ2n) is 4.69. The molecule has 0 heterocycles. The Balaban J connectivity index is 2.69. The van der Waals surface area contributed by atoms with Crippen LogP contribution in [0.1, 0.15) is 44.7 Å². The predicted molar refractivity (Wildman–Crippen MR) is 70.2 cm³/mol. The third-order valence-electron chi connectivity index (χ3n) is 2.83. The summed E-state index contributed by atoms with van der Waals surface area (Å²) < 4.78 is 13.8. The van der Waals surface area contributed by atoms with E-state index in [1.807, 2.05) is 0 Å². The molecule has 1 aromatic carbocycles. The number of benzene rings is 1. The molecule has 1 rings (SSSR count). The molecule has 17 heavy (non-hydrogen) atoms. The van der Waals surface area contributed by atoms with Gasteiger partial charge in [0.2, 0.25) is 0 Å². The van der Waals surface area contributed by atoms with Crippen LogP contribution < -0.4 is 11.3 Å². The monoisotopic (exact) mass is 258 g/mol. The van der Waals surface area contributed by atoms with Crippen molar-refractivity contribution in [3.05, 3.63) is 34.6 Å². The van der Waals surface area contributed by atoms with E-state index < -0.39 is 0 Å². The Bertz CT molecular complexity index is 355. The molecule has 2 nitrogen and oxygen atoms in total. The van der Waals surface area contributed by atoms with E-state index in [1.54, 1.807) is 18.2 Å². The first-order valence-electron chi connectivity index (χ1n) is 5.96. The van der Waals surface area contributed by atoms with E-state index in [0.29, 0.717) is 11.5 Å². The summed E-state index contributed by atoms with van der Waals surface area (Å²) in [6, 6.07) is 4.84. The molecule has 0 spiro atoms. The lowest BCUT2D eigenvalue weighted by atomic mass is 9.98. The van der Waals surface area contributed by atoms with Crippen LogP contribution >= 0.6 is 11.6 Å². The summed E-state index contributed by atoms with van der Waals surface area (Å²) >= 11 is 5.76. The van der Waals surface area contributed by atoms with Crippen LogP contribution in [-0.4, -0.2) is 0 Å². The fourth-order valence-electron chi connectivity index (χ4n) is 1.85. The van der Waals surface area contributed by atoms with Crippen LogP contribution in [0.2, 0.25) is 5.02 Å². The van der Waals surface area contributed by atoms with Gasteiger partial charge in [-0.25, -0.2) is 4.39 Å². The molecule has 0 aliphatic heterocycles. The Labute approximate surface area is 107 Å². The fraction of sp³-hybridized carbons (Fsp3) is 0.538. The quantitative estimate of drug-likeness (QED) is 0.602. The Morgan fingerprint density at radius 1 is 1.35 bits per heavy atom. The number of nitrogens with one attached hydrogen (secondary N) is 1. The van der Waals surface area contributed by atoms with Crippen molar-refractivity contribution in [2.24, 2.45) is 11.8 Å². The Kier molecular flexibility index (Phi) is 5.89. The zero-order chi connectivity index (χ0) is 12.8. The van der Waals surface area contributed by atoms with Crippen molar-refractivity contribution in [3.8, 4) is 0 Å². The average molecular weight is 259 g/mol. The maximum Gasteiger partial charge on any atom is 0.146 e. The first-order valence-corrected chi connectivity index (χ1v) is 6.34. The number of rotatable bonds is 6. The summed E-state index contributed by atoms with van der Waals surface area (Å²) in [5, 5.41) is 0.145. The van der Waals surface area contributed by atoms with Gasteiger partial charge in [-0.05, 0) is 18.4 Å². The standard InChI is InChI=1S/C13H20ClFN2/c1-9(2)5-3-8-12(17-16)10-6-4-7-11(14)13(10)15/h4,6-7,9,12,17H,3,5,8,16H2,1-2H3. The highest BCUT2D eigenvalue weighted by atomic mass is 35.5. The maximum atomic E-state index is 13.8. The lowest BCUT2D eigenvalue weighted by Gasteiger charge is -2.18. The van der Waals surface area contributed by atoms with Gasteiger partial charge < -0.3 is 0 Å². The van der Waals surface area contributed by atoms with Crippen molar-refractivity contribution in [1.82, 2.24) is 5.43 Å². The largest absolute Gasteiger partial charge is 0.271 e. The Hall–Kier alpha value is -0.640. The van der Waals surface area contributed by atoms with Gasteiger partial charge >= 0.3 is 0 Å². The van der Waals surface area contributed by atoms with Crippen molar-refractivity contribution in [1.29, 1.82) is 0 Å². The van der Waals surface area contributed by atoms with Gasteiger partial charge in [-0.1, -0.05) is 50.4 Å². The third kappa shape index (κ3) is 4.26. The van der Waals surface area contributed by atoms with Crippen molar-refractivity contribution in [2.45, 2.75) is 39.2 Å². The number of hydrogen-bond acceptors (Lipinski definition) is 2. The van der Waals surface area contributed by atoms with Crippen molar-refractivity contribution in [3.63, 3.8) is 0 Å². The van der Waals surface area contributed by atoms with E-state index in [4.69, 9.17) is 17.4 Å². The molecule has 0 amide bonds. The van der Waals surface area contributed by atoms with Gasteiger partial charge in [0.1, 0.15) is 5.82 Å². The molecular formula is C13H20ClFN2. The number of halogens is 2. The summed E-state index contributed by atoms with van der Waals surface area (Å²) in [6.45, 7) is 4.34. The first-order chi connectivity index (χ1) is 8.06. The zero-order valence-electron chi connectivity index (χ0n) is 10.3.